The highest BCUT2D eigenvalue weighted by Crippen LogP contribution is 2.39. The van der Waals surface area contributed by atoms with Crippen LogP contribution in [0.5, 0.6) is 0 Å². The average molecular weight is 293 g/mol. The van der Waals surface area contributed by atoms with Crippen molar-refractivity contribution >= 4 is 11.9 Å². The van der Waals surface area contributed by atoms with Crippen LogP contribution in [-0.4, -0.2) is 46.7 Å². The van der Waals surface area contributed by atoms with E-state index >= 15 is 0 Å². The van der Waals surface area contributed by atoms with E-state index in [1.54, 1.807) is 17.2 Å². The SMILES string of the molecule is CCOC(=O)[C@]1(C(C)C)CCN(C(=O)Cc2ccn[nH]2)C1. The molecule has 0 saturated carbocycles. The second kappa shape index (κ2) is 6.28. The van der Waals surface area contributed by atoms with Crippen molar-refractivity contribution in [1.29, 1.82) is 0 Å². The van der Waals surface area contributed by atoms with E-state index in [1.807, 2.05) is 20.8 Å². The fourth-order valence-electron chi connectivity index (χ4n) is 2.85. The number of esters is 1. The Labute approximate surface area is 124 Å². The first kappa shape index (κ1) is 15.5. The number of H-pyrrole nitrogens is 1. The van der Waals surface area contributed by atoms with E-state index in [2.05, 4.69) is 10.2 Å². The molecule has 116 valence electrons. The third kappa shape index (κ3) is 3.09. The van der Waals surface area contributed by atoms with Crippen molar-refractivity contribution < 1.29 is 14.3 Å². The van der Waals surface area contributed by atoms with Crippen LogP contribution >= 0.6 is 0 Å². The Kier molecular flexibility index (Phi) is 4.65. The number of aromatic nitrogens is 2. The molecule has 1 N–H and O–H groups in total. The Balaban J connectivity index is 2.05. The van der Waals surface area contributed by atoms with Gasteiger partial charge in [0.2, 0.25) is 5.91 Å². The predicted octanol–water partition coefficient (Wildman–Crippen LogP) is 1.39. The summed E-state index contributed by atoms with van der Waals surface area (Å²) >= 11 is 0. The zero-order valence-corrected chi connectivity index (χ0v) is 12.9. The van der Waals surface area contributed by atoms with Crippen LogP contribution in [0.2, 0.25) is 0 Å². The number of likely N-dealkylation sites (tertiary alicyclic amines) is 1. The number of carbonyl (C=O) groups excluding carboxylic acids is 2. The van der Waals surface area contributed by atoms with E-state index in [9.17, 15) is 9.59 Å². The number of nitrogens with one attached hydrogen (secondary N) is 1. The van der Waals surface area contributed by atoms with Gasteiger partial charge in [-0.05, 0) is 25.3 Å². The second-order valence-corrected chi connectivity index (χ2v) is 5.86. The number of rotatable bonds is 5. The number of nitrogens with zero attached hydrogens (tertiary/aromatic N) is 2. The minimum absolute atomic E-state index is 0.0195. The van der Waals surface area contributed by atoms with E-state index in [-0.39, 0.29) is 24.2 Å². The number of hydrogen-bond acceptors (Lipinski definition) is 4. The summed E-state index contributed by atoms with van der Waals surface area (Å²) < 4.78 is 5.23. The van der Waals surface area contributed by atoms with Crippen molar-refractivity contribution in [3.63, 3.8) is 0 Å². The molecule has 0 radical (unpaired) electrons. The van der Waals surface area contributed by atoms with E-state index in [0.717, 1.165) is 5.69 Å². The molecule has 1 atom stereocenters. The zero-order chi connectivity index (χ0) is 15.5. The van der Waals surface area contributed by atoms with Crippen LogP contribution in [0.3, 0.4) is 0 Å². The molecule has 2 rings (SSSR count). The van der Waals surface area contributed by atoms with Gasteiger partial charge in [0.15, 0.2) is 0 Å². The molecule has 1 amide bonds. The van der Waals surface area contributed by atoms with Crippen LogP contribution in [0.15, 0.2) is 12.3 Å². The first-order valence-corrected chi connectivity index (χ1v) is 7.43. The maximum Gasteiger partial charge on any atom is 0.314 e. The fourth-order valence-corrected chi connectivity index (χ4v) is 2.85. The van der Waals surface area contributed by atoms with E-state index < -0.39 is 5.41 Å². The summed E-state index contributed by atoms with van der Waals surface area (Å²) in [7, 11) is 0. The molecular weight excluding hydrogens is 270 g/mol. The molecule has 2 heterocycles. The third-order valence-corrected chi connectivity index (χ3v) is 4.34. The first-order valence-electron chi connectivity index (χ1n) is 7.43. The molecule has 1 fully saturated rings. The molecular formula is C15H23N3O3. The first-order chi connectivity index (χ1) is 9.99. The van der Waals surface area contributed by atoms with Gasteiger partial charge < -0.3 is 9.64 Å². The van der Waals surface area contributed by atoms with Crippen LogP contribution in [0, 0.1) is 11.3 Å². The van der Waals surface area contributed by atoms with Crippen molar-refractivity contribution in [1.82, 2.24) is 15.1 Å². The van der Waals surface area contributed by atoms with Gasteiger partial charge >= 0.3 is 5.97 Å². The maximum absolute atomic E-state index is 12.3. The van der Waals surface area contributed by atoms with Crippen LogP contribution in [0.4, 0.5) is 0 Å². The quantitative estimate of drug-likeness (QED) is 0.832. The molecule has 0 bridgehead atoms. The van der Waals surface area contributed by atoms with Crippen LogP contribution in [0.25, 0.3) is 0 Å². The van der Waals surface area contributed by atoms with Gasteiger partial charge in [-0.15, -0.1) is 0 Å². The smallest absolute Gasteiger partial charge is 0.314 e. The monoisotopic (exact) mass is 293 g/mol. The molecule has 6 nitrogen and oxygen atoms in total. The lowest BCUT2D eigenvalue weighted by Gasteiger charge is -2.30. The second-order valence-electron chi connectivity index (χ2n) is 5.86. The number of ether oxygens (including phenoxy) is 1. The lowest BCUT2D eigenvalue weighted by Crippen LogP contribution is -2.42. The predicted molar refractivity (Wildman–Crippen MR) is 77.4 cm³/mol. The summed E-state index contributed by atoms with van der Waals surface area (Å²) in [5, 5.41) is 6.63. The number of amides is 1. The normalized spacial score (nSPS) is 21.8. The van der Waals surface area contributed by atoms with Gasteiger partial charge in [0.05, 0.1) is 18.4 Å². The summed E-state index contributed by atoms with van der Waals surface area (Å²) in [6.45, 7) is 7.25. The van der Waals surface area contributed by atoms with Gasteiger partial charge in [0.1, 0.15) is 0 Å². The largest absolute Gasteiger partial charge is 0.466 e. The molecule has 21 heavy (non-hydrogen) atoms. The van der Waals surface area contributed by atoms with E-state index in [0.29, 0.717) is 26.1 Å². The van der Waals surface area contributed by atoms with Crippen LogP contribution in [-0.2, 0) is 20.7 Å². The summed E-state index contributed by atoms with van der Waals surface area (Å²) in [6.07, 6.45) is 2.58. The van der Waals surface area contributed by atoms with Gasteiger partial charge in [0.25, 0.3) is 0 Å². The third-order valence-electron chi connectivity index (χ3n) is 4.34. The highest BCUT2D eigenvalue weighted by atomic mass is 16.5. The Morgan fingerprint density at radius 2 is 2.29 bits per heavy atom. The van der Waals surface area contributed by atoms with Crippen molar-refractivity contribution in [2.45, 2.75) is 33.6 Å². The highest BCUT2D eigenvalue weighted by molar-refractivity contribution is 5.82. The van der Waals surface area contributed by atoms with Gasteiger partial charge in [-0.3, -0.25) is 14.7 Å². The van der Waals surface area contributed by atoms with Gasteiger partial charge in [-0.1, -0.05) is 13.8 Å². The molecule has 1 aromatic heterocycles. The number of aromatic amines is 1. The molecule has 6 heteroatoms. The summed E-state index contributed by atoms with van der Waals surface area (Å²) in [5.41, 5.74) is 0.220. The minimum Gasteiger partial charge on any atom is -0.466 e. The Morgan fingerprint density at radius 1 is 1.52 bits per heavy atom. The highest BCUT2D eigenvalue weighted by Gasteiger charge is 2.49. The van der Waals surface area contributed by atoms with Crippen molar-refractivity contribution in [3.05, 3.63) is 18.0 Å². The molecule has 0 aliphatic carbocycles. The standard InChI is InChI=1S/C15H23N3O3/c1-4-21-14(20)15(11(2)3)6-8-18(10-15)13(19)9-12-5-7-16-17-12/h5,7,11H,4,6,8-10H2,1-3H3,(H,16,17)/t15-/m1/s1. The Morgan fingerprint density at radius 3 is 2.86 bits per heavy atom. The number of carbonyl (C=O) groups is 2. The molecule has 0 unspecified atom stereocenters. The molecule has 1 saturated heterocycles. The fraction of sp³-hybridized carbons (Fsp3) is 0.667. The lowest BCUT2D eigenvalue weighted by molar-refractivity contribution is -0.157. The number of hydrogen-bond donors (Lipinski definition) is 1. The van der Waals surface area contributed by atoms with Crippen molar-refractivity contribution in [2.24, 2.45) is 11.3 Å². The lowest BCUT2D eigenvalue weighted by atomic mass is 9.76. The minimum atomic E-state index is -0.570. The molecule has 1 aliphatic rings. The maximum atomic E-state index is 12.3. The zero-order valence-electron chi connectivity index (χ0n) is 12.9. The van der Waals surface area contributed by atoms with Gasteiger partial charge in [-0.25, -0.2) is 0 Å². The summed E-state index contributed by atoms with van der Waals surface area (Å²) in [5.74, 6) is -0.0237. The van der Waals surface area contributed by atoms with Crippen LogP contribution in [0.1, 0.15) is 32.9 Å². The summed E-state index contributed by atoms with van der Waals surface area (Å²) in [6, 6.07) is 1.79. The summed E-state index contributed by atoms with van der Waals surface area (Å²) in [4.78, 5) is 26.4. The van der Waals surface area contributed by atoms with E-state index in [4.69, 9.17) is 4.74 Å². The molecule has 0 aromatic carbocycles. The van der Waals surface area contributed by atoms with Crippen LogP contribution < -0.4 is 0 Å². The van der Waals surface area contributed by atoms with Crippen molar-refractivity contribution in [2.75, 3.05) is 19.7 Å². The van der Waals surface area contributed by atoms with Gasteiger partial charge in [0, 0.05) is 25.0 Å². The van der Waals surface area contributed by atoms with Crippen molar-refractivity contribution in [3.8, 4) is 0 Å². The molecule has 1 aliphatic heterocycles. The Hall–Kier alpha value is -1.85. The molecule has 0 spiro atoms. The van der Waals surface area contributed by atoms with E-state index in [1.165, 1.54) is 0 Å². The average Bonchev–Trinajstić information content (AvgIpc) is 3.08. The Bertz CT molecular complexity index is 498. The topological polar surface area (TPSA) is 75.3 Å². The van der Waals surface area contributed by atoms with Gasteiger partial charge in [-0.2, -0.15) is 5.10 Å². The molecule has 1 aromatic rings.